The number of benzene rings is 1. The minimum absolute atomic E-state index is 0.00301. The van der Waals surface area contributed by atoms with Gasteiger partial charge in [0.05, 0.1) is 0 Å². The van der Waals surface area contributed by atoms with Crippen molar-refractivity contribution in [1.29, 1.82) is 0 Å². The summed E-state index contributed by atoms with van der Waals surface area (Å²) in [7, 11) is 0. The van der Waals surface area contributed by atoms with Gasteiger partial charge in [-0.1, -0.05) is 0 Å². The van der Waals surface area contributed by atoms with Crippen LogP contribution in [0.2, 0.25) is 0 Å². The summed E-state index contributed by atoms with van der Waals surface area (Å²) in [6, 6.07) is 5.07. The van der Waals surface area contributed by atoms with Crippen LogP contribution >= 0.6 is 11.3 Å². The van der Waals surface area contributed by atoms with Gasteiger partial charge in [0, 0.05) is 9.75 Å². The highest BCUT2D eigenvalue weighted by Crippen LogP contribution is 2.29. The Morgan fingerprint density at radius 1 is 1.12 bits per heavy atom. The Bertz CT molecular complexity index is 527. The highest BCUT2D eigenvalue weighted by molar-refractivity contribution is 7.12. The van der Waals surface area contributed by atoms with Gasteiger partial charge in [-0.2, -0.15) is 0 Å². The molecule has 90 valence electrons. The largest absolute Gasteiger partial charge is 0.383 e. The lowest BCUT2D eigenvalue weighted by atomic mass is 10.1. The van der Waals surface area contributed by atoms with Crippen molar-refractivity contribution in [2.45, 2.75) is 13.0 Å². The SMILES string of the molecule is Cc1ccc(C(O)c2cc(F)c(F)c(F)c2)s1. The van der Waals surface area contributed by atoms with E-state index in [0.29, 0.717) is 4.88 Å². The van der Waals surface area contributed by atoms with Crippen LogP contribution in [0.3, 0.4) is 0 Å². The molecule has 5 heteroatoms. The molecule has 1 aromatic carbocycles. The molecule has 0 saturated carbocycles. The summed E-state index contributed by atoms with van der Waals surface area (Å²) >= 11 is 1.32. The van der Waals surface area contributed by atoms with Crippen molar-refractivity contribution in [3.63, 3.8) is 0 Å². The predicted molar refractivity (Wildman–Crippen MR) is 59.4 cm³/mol. The van der Waals surface area contributed by atoms with Gasteiger partial charge < -0.3 is 5.11 Å². The molecule has 0 radical (unpaired) electrons. The van der Waals surface area contributed by atoms with E-state index >= 15 is 0 Å². The van der Waals surface area contributed by atoms with Crippen LogP contribution in [-0.2, 0) is 0 Å². The summed E-state index contributed by atoms with van der Waals surface area (Å²) in [6.45, 7) is 1.85. The first-order valence-electron chi connectivity index (χ1n) is 4.88. The fourth-order valence-corrected chi connectivity index (χ4v) is 2.39. The molecule has 0 fully saturated rings. The maximum Gasteiger partial charge on any atom is 0.194 e. The van der Waals surface area contributed by atoms with E-state index in [2.05, 4.69) is 0 Å². The van der Waals surface area contributed by atoms with E-state index in [1.807, 2.05) is 6.92 Å². The number of hydrogen-bond donors (Lipinski definition) is 1. The molecule has 0 amide bonds. The third kappa shape index (κ3) is 2.35. The summed E-state index contributed by atoms with van der Waals surface area (Å²) < 4.78 is 38.7. The zero-order valence-corrected chi connectivity index (χ0v) is 9.69. The second-order valence-corrected chi connectivity index (χ2v) is 4.97. The number of thiophene rings is 1. The molecule has 1 N–H and O–H groups in total. The molecule has 2 rings (SSSR count). The predicted octanol–water partition coefficient (Wildman–Crippen LogP) is 3.56. The van der Waals surface area contributed by atoms with Gasteiger partial charge in [-0.3, -0.25) is 0 Å². The van der Waals surface area contributed by atoms with Crippen LogP contribution in [0.25, 0.3) is 0 Å². The minimum atomic E-state index is -1.52. The topological polar surface area (TPSA) is 20.2 Å². The highest BCUT2D eigenvalue weighted by atomic mass is 32.1. The normalized spacial score (nSPS) is 12.8. The molecule has 1 aromatic heterocycles. The van der Waals surface area contributed by atoms with Gasteiger partial charge in [-0.05, 0) is 36.8 Å². The fraction of sp³-hybridized carbons (Fsp3) is 0.167. The zero-order valence-electron chi connectivity index (χ0n) is 8.88. The first-order valence-corrected chi connectivity index (χ1v) is 5.69. The Hall–Kier alpha value is -1.33. The third-order valence-electron chi connectivity index (χ3n) is 2.35. The number of aryl methyl sites for hydroxylation is 1. The van der Waals surface area contributed by atoms with E-state index in [4.69, 9.17) is 0 Å². The second-order valence-electron chi connectivity index (χ2n) is 3.65. The highest BCUT2D eigenvalue weighted by Gasteiger charge is 2.17. The van der Waals surface area contributed by atoms with E-state index in [-0.39, 0.29) is 5.56 Å². The van der Waals surface area contributed by atoms with Crippen LogP contribution in [-0.4, -0.2) is 5.11 Å². The van der Waals surface area contributed by atoms with Gasteiger partial charge in [0.2, 0.25) is 0 Å². The van der Waals surface area contributed by atoms with Gasteiger partial charge in [0.25, 0.3) is 0 Å². The summed E-state index contributed by atoms with van der Waals surface area (Å²) in [5.74, 6) is -4.12. The average molecular weight is 258 g/mol. The molecule has 0 spiro atoms. The van der Waals surface area contributed by atoms with E-state index in [9.17, 15) is 18.3 Å². The van der Waals surface area contributed by atoms with Crippen LogP contribution < -0.4 is 0 Å². The number of halogens is 3. The van der Waals surface area contributed by atoms with Crippen molar-refractivity contribution in [3.8, 4) is 0 Å². The molecule has 0 aliphatic heterocycles. The van der Waals surface area contributed by atoms with Gasteiger partial charge >= 0.3 is 0 Å². The van der Waals surface area contributed by atoms with Gasteiger partial charge in [0.1, 0.15) is 6.10 Å². The van der Waals surface area contributed by atoms with Crippen LogP contribution in [0.4, 0.5) is 13.2 Å². The van der Waals surface area contributed by atoms with Crippen molar-refractivity contribution in [2.24, 2.45) is 0 Å². The van der Waals surface area contributed by atoms with Crippen molar-refractivity contribution < 1.29 is 18.3 Å². The molecule has 2 aromatic rings. The monoisotopic (exact) mass is 258 g/mol. The molecule has 17 heavy (non-hydrogen) atoms. The summed E-state index contributed by atoms with van der Waals surface area (Å²) in [5, 5.41) is 9.90. The molecule has 0 aliphatic rings. The summed E-state index contributed by atoms with van der Waals surface area (Å²) in [6.07, 6.45) is -1.14. The number of aliphatic hydroxyl groups is 1. The lowest BCUT2D eigenvalue weighted by Crippen LogP contribution is -2.01. The number of hydrogen-bond acceptors (Lipinski definition) is 2. The standard InChI is InChI=1S/C12H9F3OS/c1-6-2-3-10(17-6)12(16)7-4-8(13)11(15)9(14)5-7/h2-5,12,16H,1H3. The van der Waals surface area contributed by atoms with Crippen LogP contribution in [0.5, 0.6) is 0 Å². The van der Waals surface area contributed by atoms with Gasteiger partial charge in [0.15, 0.2) is 17.5 Å². The number of rotatable bonds is 2. The van der Waals surface area contributed by atoms with Crippen LogP contribution in [0.1, 0.15) is 21.4 Å². The maximum atomic E-state index is 13.0. The van der Waals surface area contributed by atoms with Crippen molar-refractivity contribution >= 4 is 11.3 Å². The second kappa shape index (κ2) is 4.50. The average Bonchev–Trinajstić information content (AvgIpc) is 2.71. The van der Waals surface area contributed by atoms with Crippen LogP contribution in [0.15, 0.2) is 24.3 Å². The van der Waals surface area contributed by atoms with E-state index in [1.54, 1.807) is 12.1 Å². The third-order valence-corrected chi connectivity index (χ3v) is 3.41. The van der Waals surface area contributed by atoms with Gasteiger partial charge in [-0.15, -0.1) is 11.3 Å². The molecule has 1 unspecified atom stereocenters. The minimum Gasteiger partial charge on any atom is -0.383 e. The molecular formula is C12H9F3OS. The molecule has 0 bridgehead atoms. The molecule has 0 saturated heterocycles. The lowest BCUT2D eigenvalue weighted by Gasteiger charge is -2.09. The number of aliphatic hydroxyl groups excluding tert-OH is 1. The molecular weight excluding hydrogens is 249 g/mol. The van der Waals surface area contributed by atoms with Crippen molar-refractivity contribution in [1.82, 2.24) is 0 Å². The summed E-state index contributed by atoms with van der Waals surface area (Å²) in [4.78, 5) is 1.54. The lowest BCUT2D eigenvalue weighted by molar-refractivity contribution is 0.222. The first-order chi connectivity index (χ1) is 7.99. The first kappa shape index (κ1) is 12.1. The molecule has 0 aliphatic carbocycles. The molecule has 1 nitrogen and oxygen atoms in total. The Morgan fingerprint density at radius 3 is 2.18 bits per heavy atom. The molecule has 1 atom stereocenters. The Kier molecular flexibility index (Phi) is 3.22. The van der Waals surface area contributed by atoms with Gasteiger partial charge in [-0.25, -0.2) is 13.2 Å². The van der Waals surface area contributed by atoms with E-state index in [1.165, 1.54) is 11.3 Å². The Balaban J connectivity index is 2.41. The van der Waals surface area contributed by atoms with Crippen molar-refractivity contribution in [3.05, 3.63) is 57.0 Å². The van der Waals surface area contributed by atoms with E-state index in [0.717, 1.165) is 17.0 Å². The van der Waals surface area contributed by atoms with Crippen LogP contribution in [0, 0.1) is 24.4 Å². The Morgan fingerprint density at radius 2 is 1.71 bits per heavy atom. The quantitative estimate of drug-likeness (QED) is 0.817. The van der Waals surface area contributed by atoms with E-state index < -0.39 is 23.6 Å². The van der Waals surface area contributed by atoms with Crippen molar-refractivity contribution in [2.75, 3.05) is 0 Å². The smallest absolute Gasteiger partial charge is 0.194 e. The molecule has 1 heterocycles. The summed E-state index contributed by atoms with van der Waals surface area (Å²) in [5.41, 5.74) is 0.00301. The zero-order chi connectivity index (χ0) is 12.6. The Labute approximate surface area is 100 Å². The fourth-order valence-electron chi connectivity index (χ4n) is 1.50. The maximum absolute atomic E-state index is 13.0.